The summed E-state index contributed by atoms with van der Waals surface area (Å²) in [5, 5.41) is 11.1. The van der Waals surface area contributed by atoms with E-state index in [0.717, 1.165) is 12.1 Å². The van der Waals surface area contributed by atoms with E-state index in [9.17, 15) is 24.1 Å². The highest BCUT2D eigenvalue weighted by atomic mass is 19.1. The molecule has 174 valence electrons. The fourth-order valence-corrected chi connectivity index (χ4v) is 4.52. The van der Waals surface area contributed by atoms with Gasteiger partial charge in [0.1, 0.15) is 11.4 Å². The summed E-state index contributed by atoms with van der Waals surface area (Å²) in [6, 6.07) is 13.5. The number of rotatable bonds is 4. The summed E-state index contributed by atoms with van der Waals surface area (Å²) in [7, 11) is 0. The average Bonchev–Trinajstić information content (AvgIpc) is 3.43. The molecule has 1 atom stereocenters. The third-order valence-electron chi connectivity index (χ3n) is 6.14. The van der Waals surface area contributed by atoms with Crippen molar-refractivity contribution < 1.29 is 28.0 Å². The lowest BCUT2D eigenvalue weighted by molar-refractivity contribution is -0.384. The molecule has 3 heterocycles. The van der Waals surface area contributed by atoms with Gasteiger partial charge in [0, 0.05) is 18.7 Å². The number of fused-ring (bicyclic) bond motifs is 3. The molecule has 0 aliphatic carbocycles. The van der Waals surface area contributed by atoms with Gasteiger partial charge < -0.3 is 18.8 Å². The summed E-state index contributed by atoms with van der Waals surface area (Å²) >= 11 is 0. The van der Waals surface area contributed by atoms with Crippen molar-refractivity contribution in [2.24, 2.45) is 0 Å². The van der Waals surface area contributed by atoms with Gasteiger partial charge in [-0.15, -0.1) is 0 Å². The van der Waals surface area contributed by atoms with Crippen LogP contribution in [0.25, 0.3) is 11.0 Å². The molecule has 0 fully saturated rings. The highest BCUT2D eigenvalue weighted by Gasteiger charge is 2.43. The van der Waals surface area contributed by atoms with Crippen molar-refractivity contribution in [1.29, 1.82) is 0 Å². The van der Waals surface area contributed by atoms with Crippen molar-refractivity contribution in [2.45, 2.75) is 12.6 Å². The molecule has 0 saturated carbocycles. The highest BCUT2D eigenvalue weighted by molar-refractivity contribution is 5.99. The average molecular weight is 474 g/mol. The van der Waals surface area contributed by atoms with Crippen molar-refractivity contribution >= 4 is 22.6 Å². The standard InChI is InChI=1S/C25H15FN2O7/c26-15-4-8-18-17(10-15)23(29)21-22(14-2-5-16(6-3-14)28(31)32)27(25(30)24(21)35-18)11-13-1-7-19-20(9-13)34-12-33-19/h1-10,22H,11-12H2/t22-/m1/s1. The van der Waals surface area contributed by atoms with Crippen LogP contribution in [0.5, 0.6) is 11.5 Å². The monoisotopic (exact) mass is 474 g/mol. The quantitative estimate of drug-likeness (QED) is 0.320. The normalized spacial score (nSPS) is 16.1. The Labute approximate surface area is 196 Å². The van der Waals surface area contributed by atoms with Crippen LogP contribution in [0.3, 0.4) is 0 Å². The van der Waals surface area contributed by atoms with E-state index in [1.807, 2.05) is 0 Å². The minimum atomic E-state index is -0.896. The molecule has 0 unspecified atom stereocenters. The number of halogens is 1. The SMILES string of the molecule is O=C1c2oc3ccc(F)cc3c(=O)c2[C@@H](c2ccc([N+](=O)[O-])cc2)N1Cc1ccc2c(c1)OCO2. The number of nitro benzene ring substituents is 1. The van der Waals surface area contributed by atoms with Gasteiger partial charge in [-0.2, -0.15) is 0 Å². The molecule has 10 heteroatoms. The van der Waals surface area contributed by atoms with Crippen molar-refractivity contribution in [3.05, 3.63) is 109 Å². The number of nitrogens with zero attached hydrogens (tertiary/aromatic N) is 2. The maximum absolute atomic E-state index is 13.9. The Bertz CT molecular complexity index is 1600. The van der Waals surface area contributed by atoms with Crippen molar-refractivity contribution in [2.75, 3.05) is 6.79 Å². The summed E-state index contributed by atoms with van der Waals surface area (Å²) in [4.78, 5) is 39.0. The minimum absolute atomic E-state index is 0.00777. The molecule has 0 N–H and O–H groups in total. The van der Waals surface area contributed by atoms with Crippen LogP contribution in [0.1, 0.15) is 33.3 Å². The Morgan fingerprint density at radius 1 is 1.00 bits per heavy atom. The van der Waals surface area contributed by atoms with Crippen molar-refractivity contribution in [1.82, 2.24) is 4.90 Å². The second-order valence-corrected chi connectivity index (χ2v) is 8.19. The molecular weight excluding hydrogens is 459 g/mol. The number of nitro groups is 1. The number of hydrogen-bond acceptors (Lipinski definition) is 7. The maximum atomic E-state index is 13.9. The van der Waals surface area contributed by atoms with E-state index in [2.05, 4.69) is 0 Å². The summed E-state index contributed by atoms with van der Waals surface area (Å²) < 4.78 is 30.5. The molecule has 2 aliphatic rings. The van der Waals surface area contributed by atoms with E-state index >= 15 is 0 Å². The second kappa shape index (κ2) is 7.66. The van der Waals surface area contributed by atoms with Crippen LogP contribution in [0.2, 0.25) is 0 Å². The first-order chi connectivity index (χ1) is 16.9. The van der Waals surface area contributed by atoms with Crippen molar-refractivity contribution in [3.8, 4) is 11.5 Å². The largest absolute Gasteiger partial charge is 0.454 e. The predicted molar refractivity (Wildman–Crippen MR) is 120 cm³/mol. The number of benzene rings is 3. The number of hydrogen-bond donors (Lipinski definition) is 0. The smallest absolute Gasteiger partial charge is 0.291 e. The van der Waals surface area contributed by atoms with E-state index in [1.54, 1.807) is 18.2 Å². The predicted octanol–water partition coefficient (Wildman–Crippen LogP) is 4.31. The van der Waals surface area contributed by atoms with Crippen LogP contribution < -0.4 is 14.9 Å². The van der Waals surface area contributed by atoms with Gasteiger partial charge in [-0.25, -0.2) is 4.39 Å². The van der Waals surface area contributed by atoms with E-state index in [-0.39, 0.29) is 41.3 Å². The van der Waals surface area contributed by atoms with Gasteiger partial charge in [-0.1, -0.05) is 6.07 Å². The maximum Gasteiger partial charge on any atom is 0.291 e. The van der Waals surface area contributed by atoms with Gasteiger partial charge in [0.2, 0.25) is 12.6 Å². The first kappa shape index (κ1) is 20.8. The molecule has 1 aromatic heterocycles. The lowest BCUT2D eigenvalue weighted by atomic mass is 9.98. The number of ether oxygens (including phenoxy) is 2. The zero-order valence-electron chi connectivity index (χ0n) is 17.9. The Kier molecular flexibility index (Phi) is 4.56. The Hall–Kier alpha value is -4.73. The van der Waals surface area contributed by atoms with Crippen LogP contribution in [0.15, 0.2) is 69.9 Å². The summed E-state index contributed by atoms with van der Waals surface area (Å²) in [5.41, 5.74) is 0.675. The van der Waals surface area contributed by atoms with E-state index in [4.69, 9.17) is 13.9 Å². The number of carbonyl (C=O) groups is 1. The van der Waals surface area contributed by atoms with Crippen LogP contribution in [-0.4, -0.2) is 22.5 Å². The highest BCUT2D eigenvalue weighted by Crippen LogP contribution is 2.40. The summed E-state index contributed by atoms with van der Waals surface area (Å²) in [5.74, 6) is -0.156. The molecule has 3 aromatic carbocycles. The number of non-ortho nitro benzene ring substituents is 1. The van der Waals surface area contributed by atoms with Gasteiger partial charge in [0.15, 0.2) is 16.9 Å². The molecule has 6 rings (SSSR count). The minimum Gasteiger partial charge on any atom is -0.454 e. The van der Waals surface area contributed by atoms with Crippen molar-refractivity contribution in [3.63, 3.8) is 0 Å². The molecule has 2 aliphatic heterocycles. The van der Waals surface area contributed by atoms with E-state index in [0.29, 0.717) is 22.6 Å². The fourth-order valence-electron chi connectivity index (χ4n) is 4.52. The zero-order chi connectivity index (χ0) is 24.3. The molecule has 0 spiro atoms. The molecule has 1 amide bonds. The molecule has 35 heavy (non-hydrogen) atoms. The Balaban J connectivity index is 1.51. The van der Waals surface area contributed by atoms with Crippen LogP contribution in [0.4, 0.5) is 10.1 Å². The third-order valence-corrected chi connectivity index (χ3v) is 6.14. The lowest BCUT2D eigenvalue weighted by Gasteiger charge is -2.25. The van der Waals surface area contributed by atoms with Gasteiger partial charge in [-0.05, 0) is 53.6 Å². The Morgan fingerprint density at radius 2 is 1.77 bits per heavy atom. The van der Waals surface area contributed by atoms with Crippen LogP contribution in [0, 0.1) is 15.9 Å². The third kappa shape index (κ3) is 3.30. The molecule has 0 radical (unpaired) electrons. The van der Waals surface area contributed by atoms with Crippen LogP contribution in [-0.2, 0) is 6.54 Å². The molecule has 4 aromatic rings. The van der Waals surface area contributed by atoms with E-state index in [1.165, 1.54) is 35.2 Å². The zero-order valence-corrected chi connectivity index (χ0v) is 17.9. The summed E-state index contributed by atoms with van der Waals surface area (Å²) in [6.45, 7) is 0.186. The van der Waals surface area contributed by atoms with Gasteiger partial charge in [-0.3, -0.25) is 19.7 Å². The van der Waals surface area contributed by atoms with Crippen LogP contribution >= 0.6 is 0 Å². The van der Waals surface area contributed by atoms with Gasteiger partial charge in [0.05, 0.1) is 21.9 Å². The molecule has 0 bridgehead atoms. The van der Waals surface area contributed by atoms with E-state index < -0.39 is 28.1 Å². The molecule has 0 saturated heterocycles. The lowest BCUT2D eigenvalue weighted by Crippen LogP contribution is -2.29. The van der Waals surface area contributed by atoms with Gasteiger partial charge in [0.25, 0.3) is 11.6 Å². The summed E-state index contributed by atoms with van der Waals surface area (Å²) in [6.07, 6.45) is 0. The Morgan fingerprint density at radius 3 is 2.54 bits per heavy atom. The number of amides is 1. The molecular formula is C25H15FN2O7. The topological polar surface area (TPSA) is 112 Å². The first-order valence-corrected chi connectivity index (χ1v) is 10.6. The first-order valence-electron chi connectivity index (χ1n) is 10.6. The second-order valence-electron chi connectivity index (χ2n) is 8.19. The van der Waals surface area contributed by atoms with Gasteiger partial charge >= 0.3 is 0 Å². The molecule has 9 nitrogen and oxygen atoms in total. The number of carbonyl (C=O) groups excluding carboxylic acids is 1. The fraction of sp³-hybridized carbons (Fsp3) is 0.120.